The number of aryl methyl sites for hydroxylation is 1. The van der Waals surface area contributed by atoms with Crippen molar-refractivity contribution < 1.29 is 14.4 Å². The van der Waals surface area contributed by atoms with E-state index in [4.69, 9.17) is 9.63 Å². The predicted octanol–water partition coefficient (Wildman–Crippen LogP) is 0.921. The number of nitrogens with zero attached hydrogens (tertiary/aromatic N) is 3. The van der Waals surface area contributed by atoms with Gasteiger partial charge in [-0.05, 0) is 12.8 Å². The SMILES string of the molecule is Cc1noc(CN(CC(=O)O)CC(C)C)n1. The van der Waals surface area contributed by atoms with Crippen LogP contribution in [0.4, 0.5) is 0 Å². The van der Waals surface area contributed by atoms with Gasteiger partial charge in [0, 0.05) is 6.54 Å². The number of carboxylic acids is 1. The molecule has 0 saturated carbocycles. The van der Waals surface area contributed by atoms with Gasteiger partial charge < -0.3 is 9.63 Å². The number of carbonyl (C=O) groups is 1. The number of carboxylic acid groups (broad SMARTS) is 1. The largest absolute Gasteiger partial charge is 0.480 e. The Labute approximate surface area is 94.3 Å². The van der Waals surface area contributed by atoms with Crippen LogP contribution in [0.3, 0.4) is 0 Å². The van der Waals surface area contributed by atoms with Gasteiger partial charge >= 0.3 is 5.97 Å². The van der Waals surface area contributed by atoms with Gasteiger partial charge in [0.1, 0.15) is 0 Å². The first kappa shape index (κ1) is 12.6. The zero-order valence-electron chi connectivity index (χ0n) is 9.80. The number of rotatable bonds is 6. The molecule has 0 aliphatic carbocycles. The average molecular weight is 227 g/mol. The lowest BCUT2D eigenvalue weighted by atomic mass is 10.2. The molecule has 0 saturated heterocycles. The van der Waals surface area contributed by atoms with Crippen molar-refractivity contribution in [3.8, 4) is 0 Å². The highest BCUT2D eigenvalue weighted by molar-refractivity contribution is 5.69. The summed E-state index contributed by atoms with van der Waals surface area (Å²) in [5, 5.41) is 12.4. The first-order valence-corrected chi connectivity index (χ1v) is 5.20. The molecular formula is C10H17N3O3. The zero-order valence-corrected chi connectivity index (χ0v) is 9.80. The monoisotopic (exact) mass is 227 g/mol. The van der Waals surface area contributed by atoms with E-state index in [0.29, 0.717) is 30.7 Å². The van der Waals surface area contributed by atoms with Crippen molar-refractivity contribution >= 4 is 5.97 Å². The van der Waals surface area contributed by atoms with Gasteiger partial charge in [-0.2, -0.15) is 4.98 Å². The van der Waals surface area contributed by atoms with Gasteiger partial charge in [0.25, 0.3) is 0 Å². The third kappa shape index (κ3) is 4.39. The van der Waals surface area contributed by atoms with Crippen LogP contribution in [0.1, 0.15) is 25.6 Å². The van der Waals surface area contributed by atoms with Crippen LogP contribution in [-0.2, 0) is 11.3 Å². The van der Waals surface area contributed by atoms with Crippen LogP contribution in [0.15, 0.2) is 4.52 Å². The quantitative estimate of drug-likeness (QED) is 0.778. The maximum absolute atomic E-state index is 10.7. The Morgan fingerprint density at radius 3 is 2.69 bits per heavy atom. The Balaban J connectivity index is 2.58. The summed E-state index contributed by atoms with van der Waals surface area (Å²) in [4.78, 5) is 16.5. The van der Waals surface area contributed by atoms with E-state index in [1.807, 2.05) is 13.8 Å². The molecule has 90 valence electrons. The van der Waals surface area contributed by atoms with Gasteiger partial charge in [-0.15, -0.1) is 0 Å². The minimum atomic E-state index is -0.850. The molecule has 0 spiro atoms. The number of aliphatic carboxylic acids is 1. The Morgan fingerprint density at radius 1 is 1.56 bits per heavy atom. The second-order valence-corrected chi connectivity index (χ2v) is 4.19. The smallest absolute Gasteiger partial charge is 0.317 e. The third-order valence-electron chi connectivity index (χ3n) is 1.91. The number of hydrogen-bond donors (Lipinski definition) is 1. The van der Waals surface area contributed by atoms with Crippen LogP contribution in [0, 0.1) is 12.8 Å². The van der Waals surface area contributed by atoms with Gasteiger partial charge in [-0.3, -0.25) is 9.69 Å². The molecule has 1 rings (SSSR count). The van der Waals surface area contributed by atoms with Gasteiger partial charge in [-0.25, -0.2) is 0 Å². The molecule has 6 nitrogen and oxygen atoms in total. The molecule has 1 N–H and O–H groups in total. The molecule has 0 aromatic carbocycles. The van der Waals surface area contributed by atoms with E-state index in [1.54, 1.807) is 11.8 Å². The molecule has 1 aromatic rings. The molecule has 1 aromatic heterocycles. The van der Waals surface area contributed by atoms with E-state index in [9.17, 15) is 4.79 Å². The van der Waals surface area contributed by atoms with E-state index in [-0.39, 0.29) is 6.54 Å². The standard InChI is InChI=1S/C10H17N3O3/c1-7(2)4-13(6-10(14)15)5-9-11-8(3)12-16-9/h7H,4-6H2,1-3H3,(H,14,15). The molecule has 0 fully saturated rings. The van der Waals surface area contributed by atoms with E-state index in [0.717, 1.165) is 0 Å². The van der Waals surface area contributed by atoms with Gasteiger partial charge in [-0.1, -0.05) is 19.0 Å². The van der Waals surface area contributed by atoms with E-state index >= 15 is 0 Å². The highest BCUT2D eigenvalue weighted by Crippen LogP contribution is 2.05. The van der Waals surface area contributed by atoms with Crippen molar-refractivity contribution in [2.45, 2.75) is 27.3 Å². The summed E-state index contributed by atoms with van der Waals surface area (Å²) >= 11 is 0. The van der Waals surface area contributed by atoms with E-state index < -0.39 is 5.97 Å². The lowest BCUT2D eigenvalue weighted by Gasteiger charge is -2.20. The molecule has 16 heavy (non-hydrogen) atoms. The molecule has 0 radical (unpaired) electrons. The van der Waals surface area contributed by atoms with E-state index in [1.165, 1.54) is 0 Å². The highest BCUT2D eigenvalue weighted by Gasteiger charge is 2.15. The summed E-state index contributed by atoms with van der Waals surface area (Å²) in [7, 11) is 0. The van der Waals surface area contributed by atoms with Crippen molar-refractivity contribution in [3.05, 3.63) is 11.7 Å². The summed E-state index contributed by atoms with van der Waals surface area (Å²) < 4.78 is 4.96. The Morgan fingerprint density at radius 2 is 2.25 bits per heavy atom. The van der Waals surface area contributed by atoms with Crippen molar-refractivity contribution in [1.82, 2.24) is 15.0 Å². The van der Waals surface area contributed by atoms with Gasteiger partial charge in [0.15, 0.2) is 5.82 Å². The molecule has 0 aliphatic heterocycles. The maximum Gasteiger partial charge on any atom is 0.317 e. The normalized spacial score (nSPS) is 11.3. The van der Waals surface area contributed by atoms with Crippen LogP contribution < -0.4 is 0 Å². The molecule has 0 atom stereocenters. The Bertz CT molecular complexity index is 349. The topological polar surface area (TPSA) is 79.5 Å². The molecule has 6 heteroatoms. The highest BCUT2D eigenvalue weighted by atomic mass is 16.5. The summed E-state index contributed by atoms with van der Waals surface area (Å²) in [5.41, 5.74) is 0. The first-order chi connectivity index (χ1) is 7.47. The van der Waals surface area contributed by atoms with Gasteiger partial charge in [0.2, 0.25) is 5.89 Å². The molecule has 0 unspecified atom stereocenters. The lowest BCUT2D eigenvalue weighted by Crippen LogP contribution is -2.32. The fourth-order valence-electron chi connectivity index (χ4n) is 1.49. The van der Waals surface area contributed by atoms with Crippen LogP contribution in [0.2, 0.25) is 0 Å². The second kappa shape index (κ2) is 5.60. The van der Waals surface area contributed by atoms with Crippen LogP contribution in [0.25, 0.3) is 0 Å². The summed E-state index contributed by atoms with van der Waals surface area (Å²) in [6, 6.07) is 0. The Kier molecular flexibility index (Phi) is 4.42. The predicted molar refractivity (Wildman–Crippen MR) is 56.8 cm³/mol. The molecule has 0 bridgehead atoms. The lowest BCUT2D eigenvalue weighted by molar-refractivity contribution is -0.138. The fraction of sp³-hybridized carbons (Fsp3) is 0.700. The van der Waals surface area contributed by atoms with Crippen molar-refractivity contribution in [2.24, 2.45) is 5.92 Å². The summed E-state index contributed by atoms with van der Waals surface area (Å²) in [5.74, 6) is 0.564. The van der Waals surface area contributed by atoms with Crippen LogP contribution in [0.5, 0.6) is 0 Å². The zero-order chi connectivity index (χ0) is 12.1. The summed E-state index contributed by atoms with van der Waals surface area (Å²) in [6.07, 6.45) is 0. The van der Waals surface area contributed by atoms with Crippen molar-refractivity contribution in [1.29, 1.82) is 0 Å². The van der Waals surface area contributed by atoms with Crippen LogP contribution >= 0.6 is 0 Å². The average Bonchev–Trinajstić information content (AvgIpc) is 2.48. The second-order valence-electron chi connectivity index (χ2n) is 4.19. The minimum Gasteiger partial charge on any atom is -0.480 e. The van der Waals surface area contributed by atoms with Crippen molar-refractivity contribution in [3.63, 3.8) is 0 Å². The first-order valence-electron chi connectivity index (χ1n) is 5.20. The molecular weight excluding hydrogens is 210 g/mol. The maximum atomic E-state index is 10.7. The van der Waals surface area contributed by atoms with Gasteiger partial charge in [0.05, 0.1) is 13.1 Å². The molecule has 0 amide bonds. The summed E-state index contributed by atoms with van der Waals surface area (Å²) in [6.45, 7) is 6.86. The Hall–Kier alpha value is -1.43. The number of aromatic nitrogens is 2. The molecule has 1 heterocycles. The molecule has 0 aliphatic rings. The number of hydrogen-bond acceptors (Lipinski definition) is 5. The van der Waals surface area contributed by atoms with Crippen LogP contribution in [-0.4, -0.2) is 39.2 Å². The van der Waals surface area contributed by atoms with E-state index in [2.05, 4.69) is 10.1 Å². The van der Waals surface area contributed by atoms with Crippen molar-refractivity contribution in [2.75, 3.05) is 13.1 Å². The fourth-order valence-corrected chi connectivity index (χ4v) is 1.49. The minimum absolute atomic E-state index is 0.0143. The third-order valence-corrected chi connectivity index (χ3v) is 1.91.